The van der Waals surface area contributed by atoms with Gasteiger partial charge in [0.05, 0.1) is 6.54 Å². The number of hydrogen-bond donors (Lipinski definition) is 2. The average molecular weight is 214 g/mol. The monoisotopic (exact) mass is 214 g/mol. The Morgan fingerprint density at radius 1 is 1.31 bits per heavy atom. The van der Waals surface area contributed by atoms with Gasteiger partial charge >= 0.3 is 0 Å². The number of ketones is 1. The molecule has 82 valence electrons. The number of aromatic amines is 1. The number of carbonyl (C=O) groups is 1. The molecule has 16 heavy (non-hydrogen) atoms. The largest absolute Gasteiger partial charge is 0.364 e. The van der Waals surface area contributed by atoms with Gasteiger partial charge in [0, 0.05) is 23.0 Å². The molecule has 3 heteroatoms. The molecule has 0 fully saturated rings. The summed E-state index contributed by atoms with van der Waals surface area (Å²) in [7, 11) is 0. The van der Waals surface area contributed by atoms with E-state index >= 15 is 0 Å². The molecule has 0 atom stereocenters. The molecular formula is C13H14N2O. The van der Waals surface area contributed by atoms with Crippen molar-refractivity contribution in [2.75, 3.05) is 6.54 Å². The van der Waals surface area contributed by atoms with Gasteiger partial charge in [-0.1, -0.05) is 30.3 Å². The lowest BCUT2D eigenvalue weighted by molar-refractivity contribution is 0.100. The van der Waals surface area contributed by atoms with Crippen LogP contribution in [0.3, 0.4) is 0 Å². The molecule has 0 radical (unpaired) electrons. The van der Waals surface area contributed by atoms with Gasteiger partial charge in [0.2, 0.25) is 0 Å². The van der Waals surface area contributed by atoms with Gasteiger partial charge in [-0.2, -0.15) is 0 Å². The van der Waals surface area contributed by atoms with Crippen LogP contribution in [0.15, 0.2) is 36.5 Å². The highest BCUT2D eigenvalue weighted by Crippen LogP contribution is 2.25. The number of hydrogen-bond acceptors (Lipinski definition) is 2. The third kappa shape index (κ3) is 1.77. The lowest BCUT2D eigenvalue weighted by Crippen LogP contribution is -2.14. The first kappa shape index (κ1) is 10.6. The molecule has 1 aromatic carbocycles. The average Bonchev–Trinajstić information content (AvgIpc) is 2.71. The fourth-order valence-electron chi connectivity index (χ4n) is 1.83. The Hall–Kier alpha value is -1.87. The minimum Gasteiger partial charge on any atom is -0.364 e. The molecule has 1 heterocycles. The number of aromatic nitrogens is 1. The van der Waals surface area contributed by atoms with Crippen molar-refractivity contribution in [1.82, 2.24) is 4.98 Å². The van der Waals surface area contributed by atoms with E-state index in [1.54, 1.807) is 0 Å². The summed E-state index contributed by atoms with van der Waals surface area (Å²) < 4.78 is 0. The van der Waals surface area contributed by atoms with Crippen molar-refractivity contribution < 1.29 is 4.79 Å². The Kier molecular flexibility index (Phi) is 2.88. The van der Waals surface area contributed by atoms with Gasteiger partial charge in [-0.15, -0.1) is 0 Å². The van der Waals surface area contributed by atoms with Gasteiger partial charge in [0.1, 0.15) is 0 Å². The first-order valence-electron chi connectivity index (χ1n) is 5.20. The molecule has 2 aromatic rings. The summed E-state index contributed by atoms with van der Waals surface area (Å²) in [5, 5.41) is 0. The lowest BCUT2D eigenvalue weighted by Gasteiger charge is -2.03. The van der Waals surface area contributed by atoms with E-state index < -0.39 is 0 Å². The highest BCUT2D eigenvalue weighted by atomic mass is 16.1. The minimum absolute atomic E-state index is 0.0300. The summed E-state index contributed by atoms with van der Waals surface area (Å²) in [6.07, 6.45) is 1.85. The Morgan fingerprint density at radius 2 is 2.00 bits per heavy atom. The smallest absolute Gasteiger partial charge is 0.178 e. The number of rotatable bonds is 3. The molecule has 0 saturated heterocycles. The molecule has 1 aromatic heterocycles. The van der Waals surface area contributed by atoms with E-state index in [1.165, 1.54) is 0 Å². The third-order valence-electron chi connectivity index (χ3n) is 2.63. The van der Waals surface area contributed by atoms with Crippen LogP contribution < -0.4 is 5.73 Å². The fraction of sp³-hybridized carbons (Fsp3) is 0.154. The zero-order valence-electron chi connectivity index (χ0n) is 9.16. The maximum absolute atomic E-state index is 11.7. The third-order valence-corrected chi connectivity index (χ3v) is 2.63. The number of H-pyrrole nitrogens is 1. The highest BCUT2D eigenvalue weighted by Gasteiger charge is 2.15. The zero-order valence-corrected chi connectivity index (χ0v) is 9.16. The Balaban J connectivity index is 2.55. The predicted molar refractivity (Wildman–Crippen MR) is 64.4 cm³/mol. The molecule has 0 aliphatic heterocycles. The first-order valence-corrected chi connectivity index (χ1v) is 5.20. The summed E-state index contributed by atoms with van der Waals surface area (Å²) >= 11 is 0. The van der Waals surface area contributed by atoms with Crippen LogP contribution in [0.25, 0.3) is 11.1 Å². The normalized spacial score (nSPS) is 10.4. The van der Waals surface area contributed by atoms with E-state index in [4.69, 9.17) is 5.73 Å². The van der Waals surface area contributed by atoms with Gasteiger partial charge in [-0.3, -0.25) is 4.79 Å². The summed E-state index contributed by atoms with van der Waals surface area (Å²) in [6, 6.07) is 9.82. The second kappa shape index (κ2) is 4.33. The molecule has 2 rings (SSSR count). The molecule has 0 saturated carbocycles. The standard InChI is InChI=1S/C13H14N2O/c1-9-13(12(16)7-14)11(8-15-9)10-5-3-2-4-6-10/h2-6,8,15H,7,14H2,1H3. The quantitative estimate of drug-likeness (QED) is 0.769. The first-order chi connectivity index (χ1) is 7.74. The number of aryl methyl sites for hydroxylation is 1. The van der Waals surface area contributed by atoms with Crippen molar-refractivity contribution in [1.29, 1.82) is 0 Å². The van der Waals surface area contributed by atoms with Crippen LogP contribution in [0.4, 0.5) is 0 Å². The van der Waals surface area contributed by atoms with Gasteiger partial charge in [-0.05, 0) is 12.5 Å². The number of nitrogens with one attached hydrogen (secondary N) is 1. The second-order valence-corrected chi connectivity index (χ2v) is 3.70. The van der Waals surface area contributed by atoms with Crippen LogP contribution in [-0.4, -0.2) is 17.3 Å². The maximum atomic E-state index is 11.7. The zero-order chi connectivity index (χ0) is 11.5. The fourth-order valence-corrected chi connectivity index (χ4v) is 1.83. The molecule has 0 spiro atoms. The van der Waals surface area contributed by atoms with Gasteiger partial charge in [0.15, 0.2) is 5.78 Å². The van der Waals surface area contributed by atoms with Gasteiger partial charge in [0.25, 0.3) is 0 Å². The van der Waals surface area contributed by atoms with Gasteiger partial charge < -0.3 is 10.7 Å². The van der Waals surface area contributed by atoms with E-state index in [0.29, 0.717) is 5.56 Å². The number of nitrogens with two attached hydrogens (primary N) is 1. The summed E-state index contributed by atoms with van der Waals surface area (Å²) in [4.78, 5) is 14.8. The van der Waals surface area contributed by atoms with Crippen LogP contribution in [0, 0.1) is 6.92 Å². The van der Waals surface area contributed by atoms with Crippen molar-refractivity contribution >= 4 is 5.78 Å². The molecule has 0 amide bonds. The van der Waals surface area contributed by atoms with E-state index in [-0.39, 0.29) is 12.3 Å². The van der Waals surface area contributed by atoms with Crippen LogP contribution in [0.2, 0.25) is 0 Å². The van der Waals surface area contributed by atoms with E-state index in [2.05, 4.69) is 4.98 Å². The van der Waals surface area contributed by atoms with Crippen molar-refractivity contribution in [3.8, 4) is 11.1 Å². The molecule has 0 unspecified atom stereocenters. The molecule has 0 bridgehead atoms. The van der Waals surface area contributed by atoms with Gasteiger partial charge in [-0.25, -0.2) is 0 Å². The second-order valence-electron chi connectivity index (χ2n) is 3.70. The van der Waals surface area contributed by atoms with Crippen LogP contribution in [0.1, 0.15) is 16.1 Å². The number of benzene rings is 1. The SMILES string of the molecule is Cc1[nH]cc(-c2ccccc2)c1C(=O)CN. The van der Waals surface area contributed by atoms with Crippen molar-refractivity contribution in [3.63, 3.8) is 0 Å². The van der Waals surface area contributed by atoms with E-state index in [9.17, 15) is 4.79 Å². The summed E-state index contributed by atoms with van der Waals surface area (Å²) in [5.74, 6) is -0.0300. The van der Waals surface area contributed by atoms with Crippen molar-refractivity contribution in [2.45, 2.75) is 6.92 Å². The molecule has 3 nitrogen and oxygen atoms in total. The Bertz CT molecular complexity index is 500. The van der Waals surface area contributed by atoms with Crippen molar-refractivity contribution in [2.24, 2.45) is 5.73 Å². The minimum atomic E-state index is -0.0300. The van der Waals surface area contributed by atoms with E-state index in [0.717, 1.165) is 16.8 Å². The molecule has 0 aliphatic carbocycles. The van der Waals surface area contributed by atoms with E-state index in [1.807, 2.05) is 43.5 Å². The predicted octanol–water partition coefficient (Wildman–Crippen LogP) is 2.13. The van der Waals surface area contributed by atoms with Crippen molar-refractivity contribution in [3.05, 3.63) is 47.8 Å². The maximum Gasteiger partial charge on any atom is 0.178 e. The van der Waals surface area contributed by atoms with Crippen LogP contribution in [0.5, 0.6) is 0 Å². The summed E-state index contributed by atoms with van der Waals surface area (Å²) in [6.45, 7) is 1.92. The Labute approximate surface area is 94.3 Å². The topological polar surface area (TPSA) is 58.9 Å². The molecule has 3 N–H and O–H groups in total. The van der Waals surface area contributed by atoms with Crippen LogP contribution >= 0.6 is 0 Å². The molecule has 0 aliphatic rings. The summed E-state index contributed by atoms with van der Waals surface area (Å²) in [5.41, 5.74) is 8.94. The lowest BCUT2D eigenvalue weighted by atomic mass is 10.0. The Morgan fingerprint density at radius 3 is 2.62 bits per heavy atom. The number of Topliss-reactive ketones (excluding diaryl/α,β-unsaturated/α-hetero) is 1. The van der Waals surface area contributed by atoms with Crippen LogP contribution in [-0.2, 0) is 0 Å². The number of carbonyl (C=O) groups excluding carboxylic acids is 1. The highest BCUT2D eigenvalue weighted by molar-refractivity contribution is 6.04. The molecular weight excluding hydrogens is 200 g/mol.